The van der Waals surface area contributed by atoms with E-state index in [1.165, 1.54) is 12.8 Å². The molecular formula is C19H20FN3O4. The van der Waals surface area contributed by atoms with Crippen LogP contribution >= 0.6 is 0 Å². The molecule has 1 aliphatic heterocycles. The molecule has 7 nitrogen and oxygen atoms in total. The number of carbonyl (C=O) groups is 1. The molecule has 2 aromatic carbocycles. The predicted molar refractivity (Wildman–Crippen MR) is 99.8 cm³/mol. The molecule has 0 aromatic heterocycles. The largest absolute Gasteiger partial charge is 0.477 e. The van der Waals surface area contributed by atoms with E-state index < -0.39 is 28.9 Å². The number of aryl methyl sites for hydroxylation is 1. The zero-order valence-corrected chi connectivity index (χ0v) is 14.9. The summed E-state index contributed by atoms with van der Waals surface area (Å²) in [7, 11) is 0. The Morgan fingerprint density at radius 1 is 1.26 bits per heavy atom. The van der Waals surface area contributed by atoms with Crippen molar-refractivity contribution in [3.8, 4) is 5.75 Å². The SMILES string of the molecule is Cc1cc(N2CCCC2)ccc1NC(=O)COc1cc(F)ccc1[N+](=O)[O-]. The highest BCUT2D eigenvalue weighted by Crippen LogP contribution is 2.28. The average molecular weight is 373 g/mol. The summed E-state index contributed by atoms with van der Waals surface area (Å²) in [4.78, 5) is 24.7. The molecule has 0 spiro atoms. The number of nitro groups is 1. The van der Waals surface area contributed by atoms with Gasteiger partial charge >= 0.3 is 5.69 Å². The lowest BCUT2D eigenvalue weighted by Crippen LogP contribution is -2.21. The van der Waals surface area contributed by atoms with Crippen molar-refractivity contribution in [2.75, 3.05) is 29.9 Å². The minimum absolute atomic E-state index is 0.281. The summed E-state index contributed by atoms with van der Waals surface area (Å²) in [6, 6.07) is 8.65. The number of anilines is 2. The van der Waals surface area contributed by atoms with Crippen LogP contribution in [0.15, 0.2) is 36.4 Å². The third-order valence-corrected chi connectivity index (χ3v) is 4.43. The number of rotatable bonds is 6. The fourth-order valence-electron chi connectivity index (χ4n) is 3.04. The Hall–Kier alpha value is -3.16. The lowest BCUT2D eigenvalue weighted by molar-refractivity contribution is -0.385. The summed E-state index contributed by atoms with van der Waals surface area (Å²) >= 11 is 0. The quantitative estimate of drug-likeness (QED) is 0.617. The number of hydrogen-bond donors (Lipinski definition) is 1. The van der Waals surface area contributed by atoms with E-state index in [0.29, 0.717) is 5.69 Å². The van der Waals surface area contributed by atoms with Gasteiger partial charge in [-0.1, -0.05) is 0 Å². The highest BCUT2D eigenvalue weighted by Gasteiger charge is 2.18. The van der Waals surface area contributed by atoms with Gasteiger partial charge in [0.15, 0.2) is 6.61 Å². The van der Waals surface area contributed by atoms with Crippen molar-refractivity contribution in [2.45, 2.75) is 19.8 Å². The Balaban J connectivity index is 1.63. The molecule has 2 aromatic rings. The highest BCUT2D eigenvalue weighted by molar-refractivity contribution is 5.93. The van der Waals surface area contributed by atoms with Gasteiger partial charge in [-0.15, -0.1) is 0 Å². The molecule has 3 rings (SSSR count). The van der Waals surface area contributed by atoms with Gasteiger partial charge in [-0.05, 0) is 49.6 Å². The molecule has 0 bridgehead atoms. The van der Waals surface area contributed by atoms with E-state index in [1.54, 1.807) is 0 Å². The summed E-state index contributed by atoms with van der Waals surface area (Å²) in [5.74, 6) is -1.44. The predicted octanol–water partition coefficient (Wildman–Crippen LogP) is 3.66. The van der Waals surface area contributed by atoms with Gasteiger partial charge in [0.2, 0.25) is 5.75 Å². The molecule has 27 heavy (non-hydrogen) atoms. The van der Waals surface area contributed by atoms with E-state index in [2.05, 4.69) is 10.2 Å². The molecule has 0 aliphatic carbocycles. The lowest BCUT2D eigenvalue weighted by atomic mass is 10.1. The molecule has 0 atom stereocenters. The highest BCUT2D eigenvalue weighted by atomic mass is 19.1. The van der Waals surface area contributed by atoms with Crippen molar-refractivity contribution in [3.63, 3.8) is 0 Å². The van der Waals surface area contributed by atoms with E-state index in [4.69, 9.17) is 4.74 Å². The second-order valence-electron chi connectivity index (χ2n) is 6.40. The first-order chi connectivity index (χ1) is 12.9. The van der Waals surface area contributed by atoms with Gasteiger partial charge in [0.25, 0.3) is 5.91 Å². The first-order valence-corrected chi connectivity index (χ1v) is 8.66. The maximum Gasteiger partial charge on any atom is 0.311 e. The third kappa shape index (κ3) is 4.52. The Labute approximate surface area is 155 Å². The van der Waals surface area contributed by atoms with Crippen LogP contribution in [0.1, 0.15) is 18.4 Å². The molecule has 0 radical (unpaired) electrons. The van der Waals surface area contributed by atoms with Crippen molar-refractivity contribution in [3.05, 3.63) is 57.9 Å². The van der Waals surface area contributed by atoms with E-state index >= 15 is 0 Å². The summed E-state index contributed by atoms with van der Waals surface area (Å²) in [5.41, 5.74) is 2.27. The standard InChI is InChI=1S/C19H20FN3O4/c1-13-10-15(22-8-2-3-9-22)5-6-16(13)21-19(24)12-27-18-11-14(20)4-7-17(18)23(25)26/h4-7,10-11H,2-3,8-9,12H2,1H3,(H,21,24). The van der Waals surface area contributed by atoms with Gasteiger partial charge in [-0.2, -0.15) is 0 Å². The van der Waals surface area contributed by atoms with Crippen molar-refractivity contribution >= 4 is 23.0 Å². The monoisotopic (exact) mass is 373 g/mol. The normalized spacial score (nSPS) is 13.5. The molecule has 142 valence electrons. The number of halogens is 1. The minimum atomic E-state index is -0.687. The van der Waals surface area contributed by atoms with Crippen molar-refractivity contribution in [2.24, 2.45) is 0 Å². The maximum atomic E-state index is 13.3. The number of amides is 1. The first-order valence-electron chi connectivity index (χ1n) is 8.66. The summed E-state index contributed by atoms with van der Waals surface area (Å²) in [6.45, 7) is 3.50. The number of hydrogen-bond acceptors (Lipinski definition) is 5. The topological polar surface area (TPSA) is 84.7 Å². The van der Waals surface area contributed by atoms with Crippen LogP contribution in [0, 0.1) is 22.9 Å². The van der Waals surface area contributed by atoms with Crippen LogP contribution < -0.4 is 15.0 Å². The zero-order chi connectivity index (χ0) is 19.4. The van der Waals surface area contributed by atoms with Crippen LogP contribution in [-0.4, -0.2) is 30.5 Å². The molecule has 1 amide bonds. The van der Waals surface area contributed by atoms with Gasteiger partial charge in [-0.3, -0.25) is 14.9 Å². The molecule has 0 saturated carbocycles. The molecule has 8 heteroatoms. The van der Waals surface area contributed by atoms with Crippen LogP contribution in [-0.2, 0) is 4.79 Å². The molecule has 1 heterocycles. The smallest absolute Gasteiger partial charge is 0.311 e. The minimum Gasteiger partial charge on any atom is -0.477 e. The van der Waals surface area contributed by atoms with Crippen LogP contribution in [0.2, 0.25) is 0 Å². The summed E-state index contributed by atoms with van der Waals surface area (Å²) in [5, 5.41) is 13.7. The van der Waals surface area contributed by atoms with E-state index in [-0.39, 0.29) is 5.75 Å². The van der Waals surface area contributed by atoms with Gasteiger partial charge in [0.05, 0.1) is 4.92 Å². The van der Waals surface area contributed by atoms with E-state index in [9.17, 15) is 19.3 Å². The number of ether oxygens (including phenoxy) is 1. The van der Waals surface area contributed by atoms with E-state index in [1.807, 2.05) is 25.1 Å². The molecule has 1 saturated heterocycles. The van der Waals surface area contributed by atoms with Crippen LogP contribution in [0.3, 0.4) is 0 Å². The van der Waals surface area contributed by atoms with Crippen LogP contribution in [0.5, 0.6) is 5.75 Å². The van der Waals surface area contributed by atoms with Crippen molar-refractivity contribution in [1.29, 1.82) is 0 Å². The first kappa shape index (κ1) is 18.6. The Morgan fingerprint density at radius 3 is 2.67 bits per heavy atom. The fraction of sp³-hybridized carbons (Fsp3) is 0.316. The van der Waals surface area contributed by atoms with Gasteiger partial charge < -0.3 is 15.0 Å². The average Bonchev–Trinajstić information content (AvgIpc) is 3.16. The fourth-order valence-corrected chi connectivity index (χ4v) is 3.04. The van der Waals surface area contributed by atoms with Crippen LogP contribution in [0.4, 0.5) is 21.5 Å². The number of nitro benzene ring substituents is 1. The van der Waals surface area contributed by atoms with Gasteiger partial charge in [0.1, 0.15) is 5.82 Å². The number of benzene rings is 2. The second kappa shape index (κ2) is 8.03. The van der Waals surface area contributed by atoms with Gasteiger partial charge in [-0.25, -0.2) is 4.39 Å². The summed E-state index contributed by atoms with van der Waals surface area (Å²) in [6.07, 6.45) is 2.36. The molecular weight excluding hydrogens is 353 g/mol. The number of nitrogens with zero attached hydrogens (tertiary/aromatic N) is 2. The van der Waals surface area contributed by atoms with Crippen molar-refractivity contribution in [1.82, 2.24) is 0 Å². The zero-order valence-electron chi connectivity index (χ0n) is 14.9. The second-order valence-corrected chi connectivity index (χ2v) is 6.40. The molecule has 0 unspecified atom stereocenters. The molecule has 1 aliphatic rings. The maximum absolute atomic E-state index is 13.3. The number of carbonyl (C=O) groups excluding carboxylic acids is 1. The van der Waals surface area contributed by atoms with Crippen LogP contribution in [0.25, 0.3) is 0 Å². The van der Waals surface area contributed by atoms with Gasteiger partial charge in [0, 0.05) is 36.6 Å². The molecule has 1 N–H and O–H groups in total. The third-order valence-electron chi connectivity index (χ3n) is 4.43. The Bertz CT molecular complexity index is 866. The van der Waals surface area contributed by atoms with Crippen molar-refractivity contribution < 1.29 is 18.8 Å². The lowest BCUT2D eigenvalue weighted by Gasteiger charge is -2.19. The van der Waals surface area contributed by atoms with E-state index in [0.717, 1.165) is 42.5 Å². The Kier molecular flexibility index (Phi) is 5.54. The number of nitrogens with one attached hydrogen (secondary N) is 1. The molecule has 1 fully saturated rings. The Morgan fingerprint density at radius 2 is 2.00 bits per heavy atom. The summed E-state index contributed by atoms with van der Waals surface area (Å²) < 4.78 is 18.4.